The zero-order valence-corrected chi connectivity index (χ0v) is 33.9. The molecule has 3 aliphatic carbocycles. The number of rotatable bonds is 3. The van der Waals surface area contributed by atoms with Gasteiger partial charge in [0.25, 0.3) is 0 Å². The molecule has 0 aliphatic heterocycles. The smallest absolute Gasteiger partial charge is 1.00 e. The summed E-state index contributed by atoms with van der Waals surface area (Å²) in [5, 5.41) is 0. The summed E-state index contributed by atoms with van der Waals surface area (Å²) in [6.07, 6.45) is 20.1. The maximum absolute atomic E-state index is 2.40. The summed E-state index contributed by atoms with van der Waals surface area (Å²) in [7, 11) is 0. The fourth-order valence-electron chi connectivity index (χ4n) is 7.34. The molecular formula is C36H51Cl3Ti3. The van der Waals surface area contributed by atoms with Gasteiger partial charge in [-0.25, -0.2) is 0 Å². The minimum absolute atomic E-state index is 0. The van der Waals surface area contributed by atoms with Gasteiger partial charge in [-0.05, 0) is 0 Å². The van der Waals surface area contributed by atoms with Crippen LogP contribution in [0.25, 0.3) is 0 Å². The van der Waals surface area contributed by atoms with Gasteiger partial charge >= 0.3 is 65.2 Å². The Labute approximate surface area is 322 Å². The molecule has 3 aromatic carbocycles. The van der Waals surface area contributed by atoms with Gasteiger partial charge in [0.1, 0.15) is 0 Å². The molecule has 0 aromatic heterocycles. The molecule has 0 heterocycles. The Morgan fingerprint density at radius 2 is 0.643 bits per heavy atom. The van der Waals surface area contributed by atoms with Gasteiger partial charge in [-0.3, -0.25) is 0 Å². The second kappa shape index (κ2) is 23.4. The topological polar surface area (TPSA) is 0 Å². The standard InChI is InChI=1S/3C12H17.3ClH.3Ti/c3*1-3-10-8-9(2)11-6-4-5-7-12(10)11;;;;;;/h3*8H,3-7H2,1-2H3;3*1H;;;/q3*-1;;;;3*+2/p-3. The minimum atomic E-state index is 0. The van der Waals surface area contributed by atoms with Crippen LogP contribution in [0.3, 0.4) is 0 Å². The van der Waals surface area contributed by atoms with Crippen molar-refractivity contribution in [2.45, 2.75) is 138 Å². The van der Waals surface area contributed by atoms with Crippen molar-refractivity contribution < 1.29 is 102 Å². The van der Waals surface area contributed by atoms with Crippen LogP contribution in [0, 0.1) is 20.8 Å². The first kappa shape index (κ1) is 47.5. The molecule has 0 fully saturated rings. The summed E-state index contributed by atoms with van der Waals surface area (Å²) in [5.74, 6) is 0. The Balaban J connectivity index is -0.000000507. The molecule has 0 unspecified atom stereocenters. The first-order valence-corrected chi connectivity index (χ1v) is 15.3. The van der Waals surface area contributed by atoms with Crippen LogP contribution in [0.5, 0.6) is 0 Å². The molecule has 0 spiro atoms. The first-order chi connectivity index (χ1) is 17.5. The summed E-state index contributed by atoms with van der Waals surface area (Å²) in [6, 6.07) is 7.20. The SMILES string of the molecule is CC[c-]1cc(C)c2c1CCCC2.CC[c-]1cc(C)c2c1CCCC2.CC[c-]1cc(C)c2c1CCCC2.[Cl-].[Cl-].[Cl-].[Ti+2].[Ti+2].[Ti+2]. The number of hydrogen-bond acceptors (Lipinski definition) is 0. The predicted octanol–water partition coefficient (Wildman–Crippen LogP) is 0.470. The molecule has 6 rings (SSSR count). The van der Waals surface area contributed by atoms with Crippen LogP contribution >= 0.6 is 0 Å². The molecule has 3 aromatic rings. The van der Waals surface area contributed by atoms with Crippen molar-refractivity contribution in [2.24, 2.45) is 0 Å². The van der Waals surface area contributed by atoms with Crippen LogP contribution in [-0.4, -0.2) is 0 Å². The third-order valence-corrected chi connectivity index (χ3v) is 9.31. The van der Waals surface area contributed by atoms with Crippen molar-refractivity contribution in [3.8, 4) is 0 Å². The van der Waals surface area contributed by atoms with Gasteiger partial charge in [-0.15, -0.1) is 0 Å². The second-order valence-electron chi connectivity index (χ2n) is 11.6. The molecule has 0 saturated carbocycles. The minimum Gasteiger partial charge on any atom is -1.00 e. The molecule has 6 heteroatoms. The van der Waals surface area contributed by atoms with Crippen molar-refractivity contribution in [3.63, 3.8) is 0 Å². The van der Waals surface area contributed by atoms with Crippen LogP contribution in [0.1, 0.15) is 126 Å². The number of hydrogen-bond donors (Lipinski definition) is 0. The Morgan fingerprint density at radius 1 is 0.429 bits per heavy atom. The molecule has 0 amide bonds. The van der Waals surface area contributed by atoms with Crippen molar-refractivity contribution >= 4 is 0 Å². The molecule has 42 heavy (non-hydrogen) atoms. The van der Waals surface area contributed by atoms with E-state index in [0.717, 1.165) is 0 Å². The van der Waals surface area contributed by atoms with Crippen LogP contribution in [-0.2, 0) is 123 Å². The third kappa shape index (κ3) is 11.4. The largest absolute Gasteiger partial charge is 2.00 e. The molecule has 3 aliphatic rings. The Hall–Kier alpha value is 1.06. The summed E-state index contributed by atoms with van der Waals surface area (Å²) < 4.78 is 0. The van der Waals surface area contributed by atoms with E-state index in [1.165, 1.54) is 96.3 Å². The van der Waals surface area contributed by atoms with E-state index in [-0.39, 0.29) is 102 Å². The van der Waals surface area contributed by atoms with Crippen molar-refractivity contribution in [1.82, 2.24) is 0 Å². The molecule has 0 nitrogen and oxygen atoms in total. The molecule has 228 valence electrons. The molecule has 0 atom stereocenters. The van der Waals surface area contributed by atoms with Gasteiger partial charge in [0.05, 0.1) is 0 Å². The quantitative estimate of drug-likeness (QED) is 0.272. The average molecular weight is 734 g/mol. The van der Waals surface area contributed by atoms with Crippen molar-refractivity contribution in [1.29, 1.82) is 0 Å². The van der Waals surface area contributed by atoms with E-state index in [4.69, 9.17) is 0 Å². The zero-order chi connectivity index (χ0) is 25.7. The number of halogens is 3. The summed E-state index contributed by atoms with van der Waals surface area (Å²) in [5.41, 5.74) is 19.6. The zero-order valence-electron chi connectivity index (χ0n) is 27.0. The number of fused-ring (bicyclic) bond motifs is 3. The first-order valence-electron chi connectivity index (χ1n) is 15.3. The maximum atomic E-state index is 2.40. The maximum Gasteiger partial charge on any atom is 2.00 e. The van der Waals surface area contributed by atoms with E-state index in [2.05, 4.69) is 59.7 Å². The van der Waals surface area contributed by atoms with Gasteiger partial charge < -0.3 is 37.2 Å². The van der Waals surface area contributed by atoms with Crippen molar-refractivity contribution in [3.05, 3.63) is 85.0 Å². The van der Waals surface area contributed by atoms with E-state index in [9.17, 15) is 0 Å². The van der Waals surface area contributed by atoms with Crippen LogP contribution in [0.4, 0.5) is 0 Å². The molecule has 0 bridgehead atoms. The van der Waals surface area contributed by atoms with Crippen molar-refractivity contribution in [2.75, 3.05) is 0 Å². The number of aryl methyl sites for hydroxylation is 6. The van der Waals surface area contributed by atoms with Gasteiger partial charge in [0.2, 0.25) is 0 Å². The summed E-state index contributed by atoms with van der Waals surface area (Å²) in [6.45, 7) is 13.6. The predicted molar refractivity (Wildman–Crippen MR) is 158 cm³/mol. The Bertz CT molecular complexity index is 1010. The summed E-state index contributed by atoms with van der Waals surface area (Å²) in [4.78, 5) is 0. The van der Waals surface area contributed by atoms with E-state index >= 15 is 0 Å². The fourth-order valence-corrected chi connectivity index (χ4v) is 7.34. The average Bonchev–Trinajstić information content (AvgIpc) is 3.56. The van der Waals surface area contributed by atoms with Gasteiger partial charge in [0.15, 0.2) is 0 Å². The van der Waals surface area contributed by atoms with Crippen LogP contribution in [0.15, 0.2) is 18.2 Å². The summed E-state index contributed by atoms with van der Waals surface area (Å²) >= 11 is 0. The molecule has 0 radical (unpaired) electrons. The van der Waals surface area contributed by atoms with Gasteiger partial charge in [-0.2, -0.15) is 85.0 Å². The van der Waals surface area contributed by atoms with Crippen LogP contribution < -0.4 is 37.2 Å². The van der Waals surface area contributed by atoms with Gasteiger partial charge in [-0.1, -0.05) is 138 Å². The Kier molecular flexibility index (Phi) is 26.4. The molecular weight excluding hydrogens is 682 g/mol. The van der Waals surface area contributed by atoms with Crippen LogP contribution in [0.2, 0.25) is 0 Å². The monoisotopic (exact) mass is 732 g/mol. The third-order valence-electron chi connectivity index (χ3n) is 9.31. The van der Waals surface area contributed by atoms with E-state index in [0.29, 0.717) is 0 Å². The normalized spacial score (nSPS) is 13.9. The van der Waals surface area contributed by atoms with Gasteiger partial charge in [0, 0.05) is 0 Å². The van der Waals surface area contributed by atoms with E-state index in [1.54, 1.807) is 66.8 Å². The molecule has 0 saturated heterocycles. The van der Waals surface area contributed by atoms with E-state index < -0.39 is 0 Å². The van der Waals surface area contributed by atoms with E-state index in [1.807, 2.05) is 0 Å². The fraction of sp³-hybridized carbons (Fsp3) is 0.583. The molecule has 0 N–H and O–H groups in total. The second-order valence-corrected chi connectivity index (χ2v) is 11.6. The Morgan fingerprint density at radius 3 is 0.857 bits per heavy atom.